The van der Waals surface area contributed by atoms with Gasteiger partial charge in [0.15, 0.2) is 11.1 Å². The first-order valence-corrected chi connectivity index (χ1v) is 14.7. The van der Waals surface area contributed by atoms with Crippen molar-refractivity contribution in [2.75, 3.05) is 0 Å². The third-order valence-corrected chi connectivity index (χ3v) is 11.2. The zero-order valence-electron chi connectivity index (χ0n) is 20.8. The van der Waals surface area contributed by atoms with Gasteiger partial charge in [-0.05, 0) is 73.4 Å². The zero-order valence-corrected chi connectivity index (χ0v) is 21.7. The van der Waals surface area contributed by atoms with Gasteiger partial charge in [-0.3, -0.25) is 10.3 Å². The summed E-state index contributed by atoms with van der Waals surface area (Å²) in [6.45, 7) is 0. The second kappa shape index (κ2) is 9.19. The Bertz CT molecular complexity index is 1840. The summed E-state index contributed by atoms with van der Waals surface area (Å²) in [5.74, 6) is 2.50. The molecule has 6 aromatic rings. The van der Waals surface area contributed by atoms with Gasteiger partial charge in [0.25, 0.3) is 0 Å². The largest absolute Gasteiger partial charge is 0.763 e. The van der Waals surface area contributed by atoms with Crippen molar-refractivity contribution in [1.82, 2.24) is 9.38 Å². The Morgan fingerprint density at radius 3 is 1.79 bits per heavy atom. The highest BCUT2D eigenvalue weighted by Crippen LogP contribution is 2.56. The quantitative estimate of drug-likeness (QED) is 0.257. The van der Waals surface area contributed by atoms with Crippen LogP contribution in [-0.2, 0) is 12.8 Å². The third kappa shape index (κ3) is 3.39. The lowest BCUT2D eigenvalue weighted by atomic mass is 10.1. The minimum atomic E-state index is -2.50. The third-order valence-electron chi connectivity index (χ3n) is 7.53. The van der Waals surface area contributed by atoms with E-state index in [4.69, 9.17) is 9.75 Å². The molecular weight excluding hydrogens is 483 g/mol. The number of rotatable bonds is 4. The van der Waals surface area contributed by atoms with E-state index in [-0.39, 0.29) is 0 Å². The normalized spacial score (nSPS) is 13.6. The van der Waals surface area contributed by atoms with Crippen molar-refractivity contribution >= 4 is 45.9 Å². The highest BCUT2D eigenvalue weighted by Gasteiger charge is 2.47. The van der Waals surface area contributed by atoms with E-state index < -0.39 is 7.41 Å². The molecule has 0 saturated heterocycles. The molecule has 0 radical (unpaired) electrons. The maximum Gasteiger partial charge on any atom is 0.232 e. The summed E-state index contributed by atoms with van der Waals surface area (Å²) in [6, 6.07) is 40.3. The summed E-state index contributed by atoms with van der Waals surface area (Å²) in [6.07, 6.45) is 2.81. The van der Waals surface area contributed by atoms with Crippen LogP contribution in [0.3, 0.4) is 0 Å². The number of aromatic nitrogens is 2. The van der Waals surface area contributed by atoms with Crippen LogP contribution in [0.1, 0.15) is 17.5 Å². The smallest absolute Gasteiger partial charge is 0.232 e. The van der Waals surface area contributed by atoms with Gasteiger partial charge in [-0.1, -0.05) is 71.5 Å². The van der Waals surface area contributed by atoms with Gasteiger partial charge >= 0.3 is 0 Å². The van der Waals surface area contributed by atoms with E-state index in [0.29, 0.717) is 10.9 Å². The number of fused-ring (bicyclic) bond motifs is 4. The van der Waals surface area contributed by atoms with Gasteiger partial charge in [0, 0.05) is 10.8 Å². The van der Waals surface area contributed by atoms with Crippen LogP contribution in [0.25, 0.3) is 22.1 Å². The predicted molar refractivity (Wildman–Crippen MR) is 158 cm³/mol. The Hall–Kier alpha value is -4.36. The number of imidazole rings is 1. The second-order valence-electron chi connectivity index (χ2n) is 9.62. The molecule has 182 valence electrons. The molecule has 0 aliphatic heterocycles. The highest BCUT2D eigenvalue weighted by molar-refractivity contribution is 7.94. The number of hydrogen-bond acceptors (Lipinski definition) is 2. The average Bonchev–Trinajstić information content (AvgIpc) is 3.63. The number of pyridine rings is 1. The first-order chi connectivity index (χ1) is 18.8. The lowest BCUT2D eigenvalue weighted by Gasteiger charge is -2.22. The summed E-state index contributed by atoms with van der Waals surface area (Å²) in [5, 5.41) is 14.5. The number of benzene rings is 4. The first kappa shape index (κ1) is 22.8. The zero-order chi connectivity index (χ0) is 25.5. The van der Waals surface area contributed by atoms with Crippen LogP contribution >= 0.6 is 7.41 Å². The van der Waals surface area contributed by atoms with Crippen LogP contribution in [-0.4, -0.2) is 15.3 Å². The lowest BCUT2D eigenvalue weighted by Crippen LogP contribution is -2.34. The Balaban J connectivity index is 1.75. The molecule has 38 heavy (non-hydrogen) atoms. The summed E-state index contributed by atoms with van der Waals surface area (Å²) < 4.78 is 8.08. The van der Waals surface area contributed by atoms with Gasteiger partial charge < -0.3 is 5.41 Å². The Morgan fingerprint density at radius 2 is 1.21 bits per heavy atom. The second-order valence-corrected chi connectivity index (χ2v) is 12.6. The molecule has 0 fully saturated rings. The maximum absolute atomic E-state index is 10.3. The predicted octanol–water partition coefficient (Wildman–Crippen LogP) is 4.42. The maximum atomic E-state index is 10.3. The standard InChI is InChI=1S/C33H25N4P/c34-23-29-27-19-12-20-28(27)33(37-31-22-11-10-21-30(31)35-32(29)37)36-38(24-13-4-1-5-14-24,25-15-6-2-7-16-25)26-17-8-3-9-18-26/h1-11,13-18,21-22H,12,19-20H2/b36-33+. The van der Waals surface area contributed by atoms with E-state index in [1.165, 1.54) is 21.5 Å². The molecular formula is C33H25N4P. The number of hydrogen-bond donors (Lipinski definition) is 0. The highest BCUT2D eigenvalue weighted by atomic mass is 31.2. The summed E-state index contributed by atoms with van der Waals surface area (Å²) in [5.41, 5.74) is 5.81. The minimum absolute atomic E-state index is 0.690. The lowest BCUT2D eigenvalue weighted by molar-refractivity contribution is 0.902. The van der Waals surface area contributed by atoms with Gasteiger partial charge in [-0.15, -0.1) is 0 Å². The van der Waals surface area contributed by atoms with E-state index in [1.54, 1.807) is 0 Å². The number of para-hydroxylation sites is 2. The van der Waals surface area contributed by atoms with Gasteiger partial charge in [-0.25, -0.2) is 4.98 Å². The SMILES string of the molecule is [N-]=C=c1c2c(/c(=N\[P+](c3ccccc3)(c3ccccc3)c3ccccc3)n3c1nc1ccccc13)CCC2. The van der Waals surface area contributed by atoms with Gasteiger partial charge in [0.2, 0.25) is 7.41 Å². The molecule has 4 nitrogen and oxygen atoms in total. The van der Waals surface area contributed by atoms with Gasteiger partial charge in [0.05, 0.1) is 11.0 Å². The molecule has 0 atom stereocenters. The Morgan fingerprint density at radius 1 is 0.684 bits per heavy atom. The average molecular weight is 509 g/mol. The van der Waals surface area contributed by atoms with Crippen LogP contribution in [0.5, 0.6) is 0 Å². The molecule has 4 aromatic carbocycles. The fourth-order valence-electron chi connectivity index (χ4n) is 5.86. The van der Waals surface area contributed by atoms with Gasteiger partial charge in [0.1, 0.15) is 15.9 Å². The van der Waals surface area contributed by atoms with Crippen LogP contribution in [0.15, 0.2) is 120 Å². The van der Waals surface area contributed by atoms with Crippen molar-refractivity contribution in [2.24, 2.45) is 4.76 Å². The van der Waals surface area contributed by atoms with Crippen molar-refractivity contribution in [1.29, 1.82) is 0 Å². The van der Waals surface area contributed by atoms with Crippen LogP contribution in [0, 0.1) is 0 Å². The first-order valence-electron chi connectivity index (χ1n) is 13.0. The number of nitrogens with zero attached hydrogens (tertiary/aromatic N) is 4. The molecule has 0 saturated carbocycles. The van der Waals surface area contributed by atoms with E-state index in [9.17, 15) is 5.41 Å². The molecule has 0 bridgehead atoms. The van der Waals surface area contributed by atoms with Crippen molar-refractivity contribution in [2.45, 2.75) is 19.3 Å². The van der Waals surface area contributed by atoms with Crippen molar-refractivity contribution < 1.29 is 0 Å². The minimum Gasteiger partial charge on any atom is -0.763 e. The summed E-state index contributed by atoms with van der Waals surface area (Å²) in [7, 11) is -2.50. The van der Waals surface area contributed by atoms with E-state index >= 15 is 0 Å². The molecule has 5 heteroatoms. The Labute approximate surface area is 221 Å². The van der Waals surface area contributed by atoms with E-state index in [1.807, 2.05) is 18.2 Å². The van der Waals surface area contributed by atoms with Crippen LogP contribution < -0.4 is 26.6 Å². The van der Waals surface area contributed by atoms with E-state index in [0.717, 1.165) is 41.3 Å². The molecule has 0 spiro atoms. The molecule has 7 rings (SSSR count). The molecule has 1 aliphatic carbocycles. The summed E-state index contributed by atoms with van der Waals surface area (Å²) >= 11 is 0. The van der Waals surface area contributed by atoms with Crippen molar-refractivity contribution in [3.63, 3.8) is 0 Å². The Kier molecular flexibility index (Phi) is 5.51. The van der Waals surface area contributed by atoms with Crippen molar-refractivity contribution in [3.8, 4) is 0 Å². The summed E-state index contributed by atoms with van der Waals surface area (Å²) in [4.78, 5) is 4.97. The topological polar surface area (TPSA) is 52.0 Å². The fraction of sp³-hybridized carbons (Fsp3) is 0.0909. The molecule has 2 heterocycles. The molecule has 1 aliphatic rings. The molecule has 0 unspecified atom stereocenters. The fourth-order valence-corrected chi connectivity index (χ4v) is 9.41. The molecule has 2 aromatic heterocycles. The van der Waals surface area contributed by atoms with Crippen molar-refractivity contribution in [3.05, 3.63) is 143 Å². The van der Waals surface area contributed by atoms with Gasteiger partial charge in [-0.2, -0.15) is 0 Å². The molecule has 0 amide bonds. The molecule has 0 N–H and O–H groups in total. The van der Waals surface area contributed by atoms with Crippen LogP contribution in [0.2, 0.25) is 0 Å². The monoisotopic (exact) mass is 508 g/mol. The van der Waals surface area contributed by atoms with E-state index in [2.05, 4.69) is 107 Å². The van der Waals surface area contributed by atoms with Crippen LogP contribution in [0.4, 0.5) is 0 Å².